The van der Waals surface area contributed by atoms with Crippen LogP contribution in [0, 0.1) is 0 Å². The number of amides is 3. The summed E-state index contributed by atoms with van der Waals surface area (Å²) in [4.78, 5) is 27.6. The molecule has 0 unspecified atom stereocenters. The standard InChI is InChI=1S/C27H33N3O5/c31-22-15-30(27(33)29-20-8-2-1-3-9-20)24-11-10-23(35-25(24)17-34-16-22)14-26(32)28-21-12-18-6-4-5-7-19(18)13-21/h1-9,21-25,31H,10-17H2,(H,28,32)(H,29,33)/t22-,23-,24+,25-/m1/s1. The van der Waals surface area contributed by atoms with Crippen molar-refractivity contribution in [3.05, 3.63) is 65.7 Å². The summed E-state index contributed by atoms with van der Waals surface area (Å²) in [6.45, 7) is 0.568. The highest BCUT2D eigenvalue weighted by Gasteiger charge is 2.40. The number of anilines is 1. The summed E-state index contributed by atoms with van der Waals surface area (Å²) in [6.07, 6.45) is 1.99. The Morgan fingerprint density at radius 1 is 0.971 bits per heavy atom. The minimum Gasteiger partial charge on any atom is -0.389 e. The van der Waals surface area contributed by atoms with Gasteiger partial charge in [0.25, 0.3) is 0 Å². The Kier molecular flexibility index (Phi) is 7.32. The molecular weight excluding hydrogens is 446 g/mol. The lowest BCUT2D eigenvalue weighted by Gasteiger charge is -2.44. The lowest BCUT2D eigenvalue weighted by Crippen LogP contribution is -2.58. The smallest absolute Gasteiger partial charge is 0.322 e. The second-order valence-electron chi connectivity index (χ2n) is 9.73. The third-order valence-electron chi connectivity index (χ3n) is 7.10. The topological polar surface area (TPSA) is 100 Å². The first-order valence-corrected chi connectivity index (χ1v) is 12.4. The minimum absolute atomic E-state index is 0.00730. The molecule has 8 heteroatoms. The zero-order valence-electron chi connectivity index (χ0n) is 19.8. The third-order valence-corrected chi connectivity index (χ3v) is 7.10. The fourth-order valence-electron chi connectivity index (χ4n) is 5.45. The predicted octanol–water partition coefficient (Wildman–Crippen LogP) is 2.50. The highest BCUT2D eigenvalue weighted by Crippen LogP contribution is 2.29. The lowest BCUT2D eigenvalue weighted by atomic mass is 9.95. The van der Waals surface area contributed by atoms with E-state index in [9.17, 15) is 14.7 Å². The number of rotatable bonds is 4. The van der Waals surface area contributed by atoms with Gasteiger partial charge >= 0.3 is 6.03 Å². The van der Waals surface area contributed by atoms with Crippen molar-refractivity contribution in [2.24, 2.45) is 0 Å². The maximum Gasteiger partial charge on any atom is 0.322 e. The van der Waals surface area contributed by atoms with Gasteiger partial charge in [-0.3, -0.25) is 4.79 Å². The van der Waals surface area contributed by atoms with Gasteiger partial charge in [-0.15, -0.1) is 0 Å². The van der Waals surface area contributed by atoms with E-state index in [1.54, 1.807) is 4.90 Å². The van der Waals surface area contributed by atoms with Gasteiger partial charge in [0.1, 0.15) is 6.10 Å². The van der Waals surface area contributed by atoms with Gasteiger partial charge in [0.15, 0.2) is 0 Å². The summed E-state index contributed by atoms with van der Waals surface area (Å²) >= 11 is 0. The van der Waals surface area contributed by atoms with Crippen LogP contribution in [0.4, 0.5) is 10.5 Å². The molecule has 2 aliphatic heterocycles. The van der Waals surface area contributed by atoms with Crippen molar-refractivity contribution >= 4 is 17.6 Å². The number of aliphatic hydroxyl groups is 1. The number of nitrogens with zero attached hydrogens (tertiary/aromatic N) is 1. The number of hydrogen-bond donors (Lipinski definition) is 3. The number of β-amino-alcohol motifs (C(OH)–C–C–N with tert-alkyl or cyclic N) is 1. The van der Waals surface area contributed by atoms with Crippen LogP contribution in [0.3, 0.4) is 0 Å². The molecule has 5 rings (SSSR count). The monoisotopic (exact) mass is 479 g/mol. The Balaban J connectivity index is 1.18. The Bertz CT molecular complexity index is 1010. The minimum atomic E-state index is -0.767. The molecule has 0 saturated carbocycles. The number of aliphatic hydroxyl groups excluding tert-OH is 1. The van der Waals surface area contributed by atoms with E-state index >= 15 is 0 Å². The molecule has 0 spiro atoms. The van der Waals surface area contributed by atoms with Crippen LogP contribution < -0.4 is 10.6 Å². The predicted molar refractivity (Wildman–Crippen MR) is 131 cm³/mol. The zero-order chi connectivity index (χ0) is 24.2. The van der Waals surface area contributed by atoms with Crippen LogP contribution in [0.1, 0.15) is 30.4 Å². The number of carbonyl (C=O) groups excluding carboxylic acids is 2. The zero-order valence-corrected chi connectivity index (χ0v) is 19.8. The van der Waals surface area contributed by atoms with E-state index in [1.807, 2.05) is 42.5 Å². The van der Waals surface area contributed by atoms with Gasteiger partial charge in [-0.1, -0.05) is 42.5 Å². The maximum atomic E-state index is 13.1. The number of nitrogens with one attached hydrogen (secondary N) is 2. The van der Waals surface area contributed by atoms with E-state index in [0.717, 1.165) is 12.8 Å². The van der Waals surface area contributed by atoms with Crippen molar-refractivity contribution in [3.63, 3.8) is 0 Å². The fraction of sp³-hybridized carbons (Fsp3) is 0.481. The molecule has 2 aromatic rings. The van der Waals surface area contributed by atoms with E-state index in [2.05, 4.69) is 22.8 Å². The number of para-hydroxylation sites is 1. The number of ether oxygens (including phenoxy) is 2. The summed E-state index contributed by atoms with van der Waals surface area (Å²) in [7, 11) is 0. The van der Waals surface area contributed by atoms with Crippen LogP contribution in [0.15, 0.2) is 54.6 Å². The molecule has 3 aliphatic rings. The average Bonchev–Trinajstić information content (AvgIpc) is 3.24. The molecule has 2 fully saturated rings. The molecule has 2 aromatic carbocycles. The normalized spacial score (nSPS) is 26.7. The summed E-state index contributed by atoms with van der Waals surface area (Å²) < 4.78 is 12.0. The van der Waals surface area contributed by atoms with Gasteiger partial charge in [-0.05, 0) is 48.9 Å². The van der Waals surface area contributed by atoms with Crippen LogP contribution in [0.25, 0.3) is 0 Å². The second-order valence-corrected chi connectivity index (χ2v) is 9.73. The Hall–Kier alpha value is -2.94. The maximum absolute atomic E-state index is 13.1. The molecule has 0 radical (unpaired) electrons. The first-order valence-electron chi connectivity index (χ1n) is 12.4. The van der Waals surface area contributed by atoms with Crippen LogP contribution in [0.5, 0.6) is 0 Å². The van der Waals surface area contributed by atoms with Crippen molar-refractivity contribution in [3.8, 4) is 0 Å². The van der Waals surface area contributed by atoms with Gasteiger partial charge in [-0.2, -0.15) is 0 Å². The molecule has 0 aromatic heterocycles. The van der Waals surface area contributed by atoms with E-state index in [1.165, 1.54) is 11.1 Å². The molecule has 4 atom stereocenters. The van der Waals surface area contributed by atoms with Gasteiger partial charge in [0.05, 0.1) is 44.4 Å². The molecule has 2 saturated heterocycles. The largest absolute Gasteiger partial charge is 0.389 e. The number of carbonyl (C=O) groups is 2. The van der Waals surface area contributed by atoms with Gasteiger partial charge in [0.2, 0.25) is 5.91 Å². The molecule has 8 nitrogen and oxygen atoms in total. The van der Waals surface area contributed by atoms with Crippen molar-refractivity contribution in [1.29, 1.82) is 0 Å². The molecule has 186 valence electrons. The van der Waals surface area contributed by atoms with Crippen LogP contribution in [-0.4, -0.2) is 72.1 Å². The quantitative estimate of drug-likeness (QED) is 0.626. The summed E-state index contributed by atoms with van der Waals surface area (Å²) in [6, 6.07) is 17.2. The molecule has 3 N–H and O–H groups in total. The van der Waals surface area contributed by atoms with Crippen molar-refractivity contribution < 1.29 is 24.2 Å². The number of fused-ring (bicyclic) bond motifs is 2. The van der Waals surface area contributed by atoms with Crippen LogP contribution in [0.2, 0.25) is 0 Å². The molecule has 1 aliphatic carbocycles. The Labute approximate surface area is 205 Å². The lowest BCUT2D eigenvalue weighted by molar-refractivity contribution is -0.150. The van der Waals surface area contributed by atoms with Gasteiger partial charge in [-0.25, -0.2) is 4.79 Å². The van der Waals surface area contributed by atoms with E-state index < -0.39 is 6.10 Å². The SMILES string of the molecule is O=C(C[C@H]1CC[C@H]2[C@@H](COC[C@H](O)CN2C(=O)Nc2ccccc2)O1)NC1Cc2ccccc2C1. The van der Waals surface area contributed by atoms with Crippen LogP contribution >= 0.6 is 0 Å². The average molecular weight is 480 g/mol. The number of hydrogen-bond acceptors (Lipinski definition) is 5. The summed E-state index contributed by atoms with van der Waals surface area (Å²) in [5.74, 6) is -0.00730. The first-order chi connectivity index (χ1) is 17.0. The van der Waals surface area contributed by atoms with Crippen molar-refractivity contribution in [2.45, 2.75) is 62.5 Å². The van der Waals surface area contributed by atoms with E-state index in [-0.39, 0.29) is 62.4 Å². The van der Waals surface area contributed by atoms with Gasteiger partial charge in [0, 0.05) is 11.7 Å². The van der Waals surface area contributed by atoms with E-state index in [4.69, 9.17) is 9.47 Å². The van der Waals surface area contributed by atoms with Crippen LogP contribution in [-0.2, 0) is 27.1 Å². The molecule has 3 amide bonds. The first kappa shape index (κ1) is 23.8. The molecule has 0 bridgehead atoms. The summed E-state index contributed by atoms with van der Waals surface area (Å²) in [5, 5.41) is 16.4. The summed E-state index contributed by atoms with van der Waals surface area (Å²) in [5.41, 5.74) is 3.30. The van der Waals surface area contributed by atoms with Crippen molar-refractivity contribution in [2.75, 3.05) is 25.1 Å². The third kappa shape index (κ3) is 5.83. The Morgan fingerprint density at radius 2 is 1.69 bits per heavy atom. The highest BCUT2D eigenvalue weighted by atomic mass is 16.5. The number of urea groups is 1. The van der Waals surface area contributed by atoms with Gasteiger partial charge < -0.3 is 30.1 Å². The second kappa shape index (κ2) is 10.8. The van der Waals surface area contributed by atoms with Crippen molar-refractivity contribution in [1.82, 2.24) is 10.2 Å². The molecule has 35 heavy (non-hydrogen) atoms. The highest BCUT2D eigenvalue weighted by molar-refractivity contribution is 5.89. The number of benzene rings is 2. The molecule has 2 heterocycles. The molecular formula is C27H33N3O5. The Morgan fingerprint density at radius 3 is 2.43 bits per heavy atom. The fourth-order valence-corrected chi connectivity index (χ4v) is 5.45. The van der Waals surface area contributed by atoms with E-state index in [0.29, 0.717) is 18.5 Å².